The number of piperidine rings is 1. The molecule has 0 bridgehead atoms. The minimum absolute atomic E-state index is 0.0112. The average Bonchev–Trinajstić information content (AvgIpc) is 3.88. The van der Waals surface area contributed by atoms with Gasteiger partial charge in [0.25, 0.3) is 30.1 Å². The number of halogens is 2. The molecule has 16 nitrogen and oxygen atoms in total. The monoisotopic (exact) mass is 837 g/mol. The highest BCUT2D eigenvalue weighted by Crippen LogP contribution is 2.40. The lowest BCUT2D eigenvalue weighted by Crippen LogP contribution is -2.63. The standard InChI is InChI=1S/C43H45F2N9O7/c1-24(2)61-35-16-31-25(14-34(35)49-39(57)33-17-48-53-13-3-12-46-38(33)53)18-52(40(31)58)27-6-4-26(5-7-27)51(21-36(44)45)29-19-50(20-29)28-8-9-30-32(15-28)42(60)54(41(30)59)43(23-55)11-10-37(56)47-22-43/h3,8-9,12-17,23-24,26-27,29,36H,4-7,10-11,18-22H2,1-2H3,(H,47,56)(H,49,57). The van der Waals surface area contributed by atoms with Crippen LogP contribution in [0.5, 0.6) is 5.75 Å². The number of alkyl halides is 2. The van der Waals surface area contributed by atoms with Gasteiger partial charge in [0.2, 0.25) is 5.91 Å². The Kier molecular flexibility index (Phi) is 10.3. The van der Waals surface area contributed by atoms with Gasteiger partial charge in [0.15, 0.2) is 5.65 Å². The molecule has 1 unspecified atom stereocenters. The number of hydrogen-bond donors (Lipinski definition) is 2. The van der Waals surface area contributed by atoms with Gasteiger partial charge in [-0.25, -0.2) is 18.3 Å². The number of anilines is 2. The van der Waals surface area contributed by atoms with Crippen molar-refractivity contribution in [3.63, 3.8) is 0 Å². The van der Waals surface area contributed by atoms with E-state index in [0.717, 1.165) is 10.5 Å². The van der Waals surface area contributed by atoms with Crippen molar-refractivity contribution >= 4 is 52.8 Å². The molecule has 4 aliphatic heterocycles. The summed E-state index contributed by atoms with van der Waals surface area (Å²) in [7, 11) is 0. The molecule has 2 aromatic heterocycles. The maximum absolute atomic E-state index is 14.1. The second kappa shape index (κ2) is 15.6. The van der Waals surface area contributed by atoms with Crippen LogP contribution < -0.4 is 20.3 Å². The summed E-state index contributed by atoms with van der Waals surface area (Å²) < 4.78 is 35.8. The Morgan fingerprint density at radius 3 is 2.49 bits per heavy atom. The fraction of sp³-hybridized carbons (Fsp3) is 0.442. The molecule has 5 aliphatic rings. The van der Waals surface area contributed by atoms with Crippen LogP contribution in [0.4, 0.5) is 20.2 Å². The summed E-state index contributed by atoms with van der Waals surface area (Å²) >= 11 is 0. The second-order valence-corrected chi connectivity index (χ2v) is 16.8. The minimum Gasteiger partial charge on any atom is -0.489 e. The second-order valence-electron chi connectivity index (χ2n) is 16.8. The van der Waals surface area contributed by atoms with E-state index in [9.17, 15) is 37.5 Å². The average molecular weight is 838 g/mol. The summed E-state index contributed by atoms with van der Waals surface area (Å²) in [6.07, 6.45) is 5.05. The molecule has 2 N–H and O–H groups in total. The number of carbonyl (C=O) groups excluding carboxylic acids is 6. The number of imide groups is 1. The van der Waals surface area contributed by atoms with Crippen LogP contribution in [0, 0.1) is 0 Å². The van der Waals surface area contributed by atoms with E-state index >= 15 is 0 Å². The summed E-state index contributed by atoms with van der Waals surface area (Å²) in [4.78, 5) is 89.3. The van der Waals surface area contributed by atoms with E-state index in [1.54, 1.807) is 48.8 Å². The molecule has 318 valence electrons. The van der Waals surface area contributed by atoms with Gasteiger partial charge in [-0.3, -0.25) is 33.8 Å². The van der Waals surface area contributed by atoms with E-state index < -0.39 is 36.2 Å². The van der Waals surface area contributed by atoms with E-state index in [4.69, 9.17) is 4.74 Å². The molecule has 0 radical (unpaired) electrons. The number of aromatic nitrogens is 3. The molecular formula is C43H45F2N9O7. The van der Waals surface area contributed by atoms with Crippen molar-refractivity contribution < 1.29 is 42.3 Å². The molecule has 0 spiro atoms. The minimum atomic E-state index is -2.55. The van der Waals surface area contributed by atoms with Gasteiger partial charge >= 0.3 is 0 Å². The molecule has 3 fully saturated rings. The molecule has 1 aliphatic carbocycles. The highest BCUT2D eigenvalue weighted by Gasteiger charge is 2.51. The van der Waals surface area contributed by atoms with Gasteiger partial charge in [0.1, 0.15) is 23.1 Å². The van der Waals surface area contributed by atoms with E-state index in [0.29, 0.717) is 79.9 Å². The first-order chi connectivity index (χ1) is 29.3. The Hall–Kier alpha value is -6.30. The summed E-state index contributed by atoms with van der Waals surface area (Å²) in [5, 5.41) is 9.75. The van der Waals surface area contributed by atoms with Crippen LogP contribution in [0.1, 0.15) is 99.4 Å². The van der Waals surface area contributed by atoms with Crippen molar-refractivity contribution in [1.29, 1.82) is 0 Å². The lowest BCUT2D eigenvalue weighted by atomic mass is 9.87. The molecule has 9 rings (SSSR count). The maximum atomic E-state index is 14.1. The smallest absolute Gasteiger partial charge is 0.262 e. The highest BCUT2D eigenvalue weighted by atomic mass is 19.3. The topological polar surface area (TPSA) is 179 Å². The molecule has 1 saturated carbocycles. The van der Waals surface area contributed by atoms with Crippen molar-refractivity contribution in [2.45, 2.75) is 95.1 Å². The van der Waals surface area contributed by atoms with Crippen LogP contribution in [0.15, 0.2) is 55.0 Å². The van der Waals surface area contributed by atoms with Crippen LogP contribution in [-0.2, 0) is 16.1 Å². The van der Waals surface area contributed by atoms with E-state index in [2.05, 4.69) is 20.7 Å². The predicted molar refractivity (Wildman–Crippen MR) is 216 cm³/mol. The van der Waals surface area contributed by atoms with Gasteiger partial charge in [0.05, 0.1) is 35.7 Å². The first kappa shape index (κ1) is 40.1. The van der Waals surface area contributed by atoms with Crippen molar-refractivity contribution in [3.05, 3.63) is 82.8 Å². The number of hydrogen-bond acceptors (Lipinski definition) is 11. The summed E-state index contributed by atoms with van der Waals surface area (Å²) in [6, 6.07) is 9.68. The highest BCUT2D eigenvalue weighted by molar-refractivity contribution is 6.23. The lowest BCUT2D eigenvalue weighted by molar-refractivity contribution is -0.127. The zero-order chi connectivity index (χ0) is 42.7. The Labute approximate surface area is 349 Å². The number of nitrogens with one attached hydrogen (secondary N) is 2. The van der Waals surface area contributed by atoms with E-state index in [-0.39, 0.29) is 72.1 Å². The Bertz CT molecular complexity index is 2450. The van der Waals surface area contributed by atoms with Gasteiger partial charge < -0.3 is 30.0 Å². The first-order valence-corrected chi connectivity index (χ1v) is 20.6. The number of ether oxygens (including phenoxy) is 1. The van der Waals surface area contributed by atoms with Crippen LogP contribution in [-0.4, -0.2) is 127 Å². The van der Waals surface area contributed by atoms with E-state index in [1.807, 2.05) is 28.5 Å². The molecule has 6 heterocycles. The molecule has 4 aromatic rings. The van der Waals surface area contributed by atoms with Crippen molar-refractivity contribution in [1.82, 2.24) is 34.6 Å². The summed E-state index contributed by atoms with van der Waals surface area (Å²) in [5.41, 5.74) is 1.90. The van der Waals surface area contributed by atoms with Crippen LogP contribution >= 0.6 is 0 Å². The zero-order valence-electron chi connectivity index (χ0n) is 33.7. The number of carbonyl (C=O) groups is 6. The number of aldehydes is 1. The van der Waals surface area contributed by atoms with Crippen molar-refractivity contribution in [2.75, 3.05) is 36.4 Å². The van der Waals surface area contributed by atoms with Crippen LogP contribution in [0.2, 0.25) is 0 Å². The van der Waals surface area contributed by atoms with Gasteiger partial charge in [-0.05, 0) is 87.9 Å². The van der Waals surface area contributed by atoms with Crippen molar-refractivity contribution in [2.24, 2.45) is 0 Å². The lowest BCUT2D eigenvalue weighted by Gasteiger charge is -2.50. The normalized spacial score (nSPS) is 22.9. The maximum Gasteiger partial charge on any atom is 0.262 e. The molecule has 5 amide bonds. The number of benzene rings is 2. The fourth-order valence-electron chi connectivity index (χ4n) is 9.55. The largest absolute Gasteiger partial charge is 0.489 e. The summed E-state index contributed by atoms with van der Waals surface area (Å²) in [6.45, 7) is 4.40. The summed E-state index contributed by atoms with van der Waals surface area (Å²) in [5.74, 6) is -1.64. The van der Waals surface area contributed by atoms with Gasteiger partial charge in [-0.1, -0.05) is 0 Å². The molecular weight excluding hydrogens is 793 g/mol. The Morgan fingerprint density at radius 1 is 1.02 bits per heavy atom. The number of fused-ring (bicyclic) bond motifs is 3. The molecule has 2 saturated heterocycles. The number of nitrogens with zero attached hydrogens (tertiary/aromatic N) is 7. The molecule has 18 heteroatoms. The fourth-order valence-corrected chi connectivity index (χ4v) is 9.55. The number of rotatable bonds is 12. The van der Waals surface area contributed by atoms with Gasteiger partial charge in [-0.15, -0.1) is 0 Å². The third-order valence-electron chi connectivity index (χ3n) is 12.7. The van der Waals surface area contributed by atoms with Crippen LogP contribution in [0.3, 0.4) is 0 Å². The molecule has 1 atom stereocenters. The van der Waals surface area contributed by atoms with E-state index in [1.165, 1.54) is 10.7 Å². The Morgan fingerprint density at radius 2 is 1.79 bits per heavy atom. The Balaban J connectivity index is 0.845. The first-order valence-electron chi connectivity index (χ1n) is 20.6. The molecule has 2 aromatic carbocycles. The zero-order valence-corrected chi connectivity index (χ0v) is 33.7. The third kappa shape index (κ3) is 7.15. The van der Waals surface area contributed by atoms with Gasteiger partial charge in [0, 0.05) is 74.4 Å². The van der Waals surface area contributed by atoms with Crippen LogP contribution in [0.25, 0.3) is 5.65 Å². The van der Waals surface area contributed by atoms with Crippen molar-refractivity contribution in [3.8, 4) is 5.75 Å². The molecule has 61 heavy (non-hydrogen) atoms. The third-order valence-corrected chi connectivity index (χ3v) is 12.7. The van der Waals surface area contributed by atoms with Gasteiger partial charge in [-0.2, -0.15) is 5.10 Å². The SMILES string of the molecule is CC(C)Oc1cc2c(cc1NC(=O)c1cnn3cccnc13)CN(C1CCC(N(CC(F)F)C3CN(c4ccc5c(c4)C(=O)N(C4(C=O)CCC(=O)NC4)C5=O)C3)CC1)C2=O. The quantitative estimate of drug-likeness (QED) is 0.156. The number of amides is 5. The predicted octanol–water partition coefficient (Wildman–Crippen LogP) is 3.94.